The van der Waals surface area contributed by atoms with E-state index in [4.69, 9.17) is 0 Å². The number of hydrogen-bond donors (Lipinski definition) is 0. The van der Waals surface area contributed by atoms with Gasteiger partial charge in [0.05, 0.1) is 0 Å². The first kappa shape index (κ1) is 14.0. The third-order valence-electron chi connectivity index (χ3n) is 4.30. The van der Waals surface area contributed by atoms with Crippen LogP contribution in [-0.4, -0.2) is 0 Å². The van der Waals surface area contributed by atoms with Gasteiger partial charge >= 0.3 is 0 Å². The Balaban J connectivity index is 1.86. The van der Waals surface area contributed by atoms with Gasteiger partial charge < -0.3 is 0 Å². The maximum absolute atomic E-state index is 2.41. The predicted molar refractivity (Wildman–Crippen MR) is 98.9 cm³/mol. The molecule has 0 saturated carbocycles. The van der Waals surface area contributed by atoms with E-state index < -0.39 is 0 Å². The van der Waals surface area contributed by atoms with E-state index in [1.807, 2.05) is 22.7 Å². The lowest BCUT2D eigenvalue weighted by atomic mass is 9.82. The lowest BCUT2D eigenvalue weighted by molar-refractivity contribution is 0.865. The minimum absolute atomic E-state index is 0.492. The maximum atomic E-state index is 2.41. The van der Waals surface area contributed by atoms with Gasteiger partial charge in [-0.25, -0.2) is 0 Å². The zero-order chi connectivity index (χ0) is 15.1. The van der Waals surface area contributed by atoms with Crippen molar-refractivity contribution in [2.75, 3.05) is 0 Å². The summed E-state index contributed by atoms with van der Waals surface area (Å²) in [7, 11) is 0. The molecule has 22 heavy (non-hydrogen) atoms. The van der Waals surface area contributed by atoms with Crippen LogP contribution in [0.3, 0.4) is 0 Å². The van der Waals surface area contributed by atoms with Gasteiger partial charge in [0.1, 0.15) is 0 Å². The fourth-order valence-electron chi connectivity index (χ4n) is 3.19. The maximum Gasteiger partial charge on any atom is 0.0311 e. The molecule has 4 rings (SSSR count). The number of benzene rings is 1. The minimum Gasteiger partial charge on any atom is -0.145 e. The van der Waals surface area contributed by atoms with Crippen molar-refractivity contribution in [2.24, 2.45) is 0 Å². The van der Waals surface area contributed by atoms with Crippen molar-refractivity contribution in [3.63, 3.8) is 0 Å². The lowest BCUT2D eigenvalue weighted by Gasteiger charge is -2.25. The molecule has 0 saturated heterocycles. The topological polar surface area (TPSA) is 0 Å². The van der Waals surface area contributed by atoms with E-state index in [0.717, 1.165) is 6.42 Å². The molecule has 2 aromatic heterocycles. The number of allylic oxidation sites excluding steroid dienone is 1. The van der Waals surface area contributed by atoms with Gasteiger partial charge in [0.2, 0.25) is 0 Å². The third-order valence-corrected chi connectivity index (χ3v) is 6.46. The summed E-state index contributed by atoms with van der Waals surface area (Å²) in [5, 5.41) is 0. The van der Waals surface area contributed by atoms with Crippen molar-refractivity contribution in [1.82, 2.24) is 0 Å². The van der Waals surface area contributed by atoms with Gasteiger partial charge in [0.15, 0.2) is 0 Å². The number of aryl methyl sites for hydroxylation is 2. The molecule has 0 spiro atoms. The second-order valence-electron chi connectivity index (χ2n) is 5.91. The molecule has 1 aromatic carbocycles. The monoisotopic (exact) mass is 322 g/mol. The van der Waals surface area contributed by atoms with Crippen molar-refractivity contribution >= 4 is 34.3 Å². The molecule has 0 bridgehead atoms. The molecule has 2 heterocycles. The fraction of sp³-hybridized carbons (Fsp3) is 0.200. The highest BCUT2D eigenvalue weighted by Crippen LogP contribution is 2.44. The summed E-state index contributed by atoms with van der Waals surface area (Å²) in [6.07, 6.45) is 3.52. The molecule has 1 aliphatic rings. The largest absolute Gasteiger partial charge is 0.145 e. The van der Waals surface area contributed by atoms with E-state index in [0.29, 0.717) is 5.92 Å². The predicted octanol–water partition coefficient (Wildman–Crippen LogP) is 6.31. The van der Waals surface area contributed by atoms with Crippen LogP contribution < -0.4 is 0 Å². The van der Waals surface area contributed by atoms with Crippen LogP contribution in [0.2, 0.25) is 0 Å². The third kappa shape index (κ3) is 2.47. The van der Waals surface area contributed by atoms with Gasteiger partial charge in [-0.05, 0) is 67.3 Å². The molecule has 1 atom stereocenters. The number of rotatable bonds is 2. The summed E-state index contributed by atoms with van der Waals surface area (Å²) in [5.74, 6) is 0.492. The van der Waals surface area contributed by atoms with Crippen molar-refractivity contribution in [2.45, 2.75) is 26.2 Å². The van der Waals surface area contributed by atoms with Gasteiger partial charge in [-0.2, -0.15) is 0 Å². The molecule has 110 valence electrons. The number of fused-ring (bicyclic) bond motifs is 1. The lowest BCUT2D eigenvalue weighted by Crippen LogP contribution is -2.09. The molecule has 3 aromatic rings. The van der Waals surface area contributed by atoms with Crippen molar-refractivity contribution in [3.8, 4) is 0 Å². The molecule has 0 aliphatic heterocycles. The quantitative estimate of drug-likeness (QED) is 0.519. The van der Waals surface area contributed by atoms with Crippen LogP contribution >= 0.6 is 22.7 Å². The molecule has 0 N–H and O–H groups in total. The SMILES string of the molecule is Cc1ccc(C2=Cc3ccccc3CC2c2ccc(C)s2)s1. The van der Waals surface area contributed by atoms with E-state index in [1.54, 1.807) is 0 Å². The minimum atomic E-state index is 0.492. The molecule has 0 radical (unpaired) electrons. The average Bonchev–Trinajstić information content (AvgIpc) is 3.14. The van der Waals surface area contributed by atoms with Crippen LogP contribution in [0, 0.1) is 13.8 Å². The first-order chi connectivity index (χ1) is 10.7. The van der Waals surface area contributed by atoms with Crippen LogP contribution in [0.15, 0.2) is 48.5 Å². The summed E-state index contributed by atoms with van der Waals surface area (Å²) >= 11 is 3.85. The molecule has 0 amide bonds. The second kappa shape index (κ2) is 5.53. The number of thiophene rings is 2. The Hall–Kier alpha value is -1.64. The standard InChI is InChI=1S/C20H18S2/c1-13-7-9-19(21-13)17-11-15-5-3-4-6-16(15)12-18(17)20-10-8-14(2)22-20/h3-11,18H,12H2,1-2H3. The molecular weight excluding hydrogens is 304 g/mol. The summed E-state index contributed by atoms with van der Waals surface area (Å²) in [5.41, 5.74) is 4.34. The van der Waals surface area contributed by atoms with Crippen LogP contribution in [0.1, 0.15) is 36.6 Å². The first-order valence-corrected chi connectivity index (χ1v) is 9.26. The van der Waals surface area contributed by atoms with E-state index >= 15 is 0 Å². The first-order valence-electron chi connectivity index (χ1n) is 7.63. The van der Waals surface area contributed by atoms with Gasteiger partial charge in [0.25, 0.3) is 0 Å². The fourth-order valence-corrected chi connectivity index (χ4v) is 5.12. The normalized spacial score (nSPS) is 17.2. The molecule has 2 heteroatoms. The summed E-state index contributed by atoms with van der Waals surface area (Å²) in [6.45, 7) is 4.39. The summed E-state index contributed by atoms with van der Waals surface area (Å²) < 4.78 is 0. The van der Waals surface area contributed by atoms with Gasteiger partial charge in [0, 0.05) is 25.4 Å². The molecule has 0 fully saturated rings. The molecule has 1 aliphatic carbocycles. The highest BCUT2D eigenvalue weighted by atomic mass is 32.1. The Morgan fingerprint density at radius 3 is 2.36 bits per heavy atom. The van der Waals surface area contributed by atoms with Crippen LogP contribution in [0.5, 0.6) is 0 Å². The van der Waals surface area contributed by atoms with E-state index in [9.17, 15) is 0 Å². The zero-order valence-corrected chi connectivity index (χ0v) is 14.4. The van der Waals surface area contributed by atoms with Crippen molar-refractivity contribution in [1.29, 1.82) is 0 Å². The van der Waals surface area contributed by atoms with E-state index in [1.165, 1.54) is 36.2 Å². The second-order valence-corrected chi connectivity index (χ2v) is 8.52. The Morgan fingerprint density at radius 1 is 0.864 bits per heavy atom. The van der Waals surface area contributed by atoms with Crippen LogP contribution in [0.4, 0.5) is 0 Å². The Morgan fingerprint density at radius 2 is 1.64 bits per heavy atom. The Kier molecular flexibility index (Phi) is 3.51. The zero-order valence-electron chi connectivity index (χ0n) is 12.8. The van der Waals surface area contributed by atoms with Crippen LogP contribution in [-0.2, 0) is 6.42 Å². The summed E-state index contributed by atoms with van der Waals surface area (Å²) in [4.78, 5) is 5.69. The average molecular weight is 322 g/mol. The van der Waals surface area contributed by atoms with Crippen LogP contribution in [0.25, 0.3) is 11.6 Å². The van der Waals surface area contributed by atoms with Crippen molar-refractivity contribution in [3.05, 3.63) is 79.2 Å². The van der Waals surface area contributed by atoms with E-state index in [2.05, 4.69) is 68.5 Å². The highest BCUT2D eigenvalue weighted by Gasteiger charge is 2.25. The molecule has 0 nitrogen and oxygen atoms in total. The number of hydrogen-bond acceptors (Lipinski definition) is 2. The van der Waals surface area contributed by atoms with Gasteiger partial charge in [-0.15, -0.1) is 22.7 Å². The Labute approximate surface area is 139 Å². The van der Waals surface area contributed by atoms with E-state index in [-0.39, 0.29) is 0 Å². The van der Waals surface area contributed by atoms with Gasteiger partial charge in [-0.1, -0.05) is 24.3 Å². The Bertz CT molecular complexity index is 848. The summed E-state index contributed by atoms with van der Waals surface area (Å²) in [6, 6.07) is 17.9. The van der Waals surface area contributed by atoms with Gasteiger partial charge in [-0.3, -0.25) is 0 Å². The molecule has 1 unspecified atom stereocenters. The highest BCUT2D eigenvalue weighted by molar-refractivity contribution is 7.13. The van der Waals surface area contributed by atoms with Crippen molar-refractivity contribution < 1.29 is 0 Å². The smallest absolute Gasteiger partial charge is 0.0311 e. The molecular formula is C20H18S2.